The number of hydrogen-bond acceptors (Lipinski definition) is 8. The summed E-state index contributed by atoms with van der Waals surface area (Å²) in [5.74, 6) is 0.761. The molecule has 5 aromatic carbocycles. The van der Waals surface area contributed by atoms with E-state index < -0.39 is 30.5 Å². The maximum atomic E-state index is 6.90. The minimum Gasteiger partial charge on any atom is -0.374 e. The highest BCUT2D eigenvalue weighted by Gasteiger charge is 2.50. The van der Waals surface area contributed by atoms with Crippen LogP contribution in [0.2, 0.25) is 0 Å². The summed E-state index contributed by atoms with van der Waals surface area (Å²) in [5, 5.41) is 4.43. The molecule has 50 heavy (non-hydrogen) atoms. The third kappa shape index (κ3) is 8.79. The van der Waals surface area contributed by atoms with Gasteiger partial charge < -0.3 is 28.2 Å². The van der Waals surface area contributed by atoms with E-state index >= 15 is 0 Å². The quantitative estimate of drug-likeness (QED) is 0.108. The highest BCUT2D eigenvalue weighted by Crippen LogP contribution is 2.38. The zero-order valence-corrected chi connectivity index (χ0v) is 27.7. The summed E-state index contributed by atoms with van der Waals surface area (Å²) >= 11 is 0. The largest absolute Gasteiger partial charge is 0.374 e. The highest BCUT2D eigenvalue weighted by molar-refractivity contribution is 5.52. The molecule has 1 aliphatic heterocycles. The van der Waals surface area contributed by atoms with E-state index in [-0.39, 0.29) is 6.61 Å². The topological polar surface area (TPSA) is 85.1 Å². The van der Waals surface area contributed by atoms with Crippen LogP contribution in [0.5, 0.6) is 0 Å². The van der Waals surface area contributed by atoms with Gasteiger partial charge in [0.25, 0.3) is 5.89 Å². The molecule has 0 N–H and O–H groups in total. The van der Waals surface area contributed by atoms with Gasteiger partial charge in [-0.25, -0.2) is 0 Å². The fourth-order valence-corrected chi connectivity index (χ4v) is 6.05. The van der Waals surface area contributed by atoms with Gasteiger partial charge in [-0.15, -0.1) is 0 Å². The van der Waals surface area contributed by atoms with Gasteiger partial charge in [0.1, 0.15) is 30.5 Å². The molecule has 5 atom stereocenters. The van der Waals surface area contributed by atoms with E-state index in [4.69, 9.17) is 33.2 Å². The van der Waals surface area contributed by atoms with E-state index in [1.807, 2.05) is 152 Å². The first-order valence-electron chi connectivity index (χ1n) is 16.9. The van der Waals surface area contributed by atoms with Gasteiger partial charge in [-0.3, -0.25) is 0 Å². The fourth-order valence-electron chi connectivity index (χ4n) is 6.05. The number of rotatable bonds is 15. The zero-order valence-electron chi connectivity index (χ0n) is 27.7. The van der Waals surface area contributed by atoms with E-state index in [2.05, 4.69) is 5.16 Å². The molecule has 0 aliphatic carbocycles. The van der Waals surface area contributed by atoms with Crippen LogP contribution in [0.3, 0.4) is 0 Å². The first-order valence-corrected chi connectivity index (χ1v) is 16.9. The van der Waals surface area contributed by atoms with E-state index in [9.17, 15) is 0 Å². The second-order valence-corrected chi connectivity index (χ2v) is 12.2. The van der Waals surface area contributed by atoms with Crippen LogP contribution in [0.4, 0.5) is 0 Å². The minimum atomic E-state index is -0.748. The third-order valence-electron chi connectivity index (χ3n) is 8.60. The van der Waals surface area contributed by atoms with Crippen LogP contribution in [-0.2, 0) is 50.1 Å². The molecule has 8 heteroatoms. The Balaban J connectivity index is 1.24. The lowest BCUT2D eigenvalue weighted by molar-refractivity contribution is -0.276. The van der Waals surface area contributed by atoms with Crippen molar-refractivity contribution in [2.75, 3.05) is 6.61 Å². The number of hydrogen-bond donors (Lipinski definition) is 0. The fraction of sp³-hybridized carbons (Fsp3) is 0.238. The van der Waals surface area contributed by atoms with Crippen LogP contribution in [0.15, 0.2) is 156 Å². The molecule has 0 spiro atoms. The Bertz CT molecular complexity index is 1840. The predicted molar refractivity (Wildman–Crippen MR) is 189 cm³/mol. The maximum Gasteiger partial charge on any atom is 0.258 e. The molecule has 1 aliphatic rings. The molecule has 254 valence electrons. The molecule has 1 saturated heterocycles. The Morgan fingerprint density at radius 3 is 1.44 bits per heavy atom. The van der Waals surface area contributed by atoms with Crippen molar-refractivity contribution in [1.29, 1.82) is 0 Å². The lowest BCUT2D eigenvalue weighted by Gasteiger charge is -2.45. The summed E-state index contributed by atoms with van der Waals surface area (Å²) in [6, 6.07) is 50.0. The van der Waals surface area contributed by atoms with E-state index in [0.29, 0.717) is 38.1 Å². The number of benzene rings is 5. The van der Waals surface area contributed by atoms with Gasteiger partial charge in [-0.1, -0.05) is 145 Å². The standard InChI is InChI=1S/C42H40N2O6/c1-6-16-31(17-7-1)26-45-30-36-37(46-27-32-18-8-2-9-19-32)38(47-28-33-20-10-3-11-21-33)39(48-29-34-22-12-4-13-23-34)40(49-36)41-43-42(50-44-41)35-24-14-5-15-25-35/h1-25,36-40H,26-30H2/t36-,37-,38+,39-,40-/m1/s1. The molecule has 0 bridgehead atoms. The van der Waals surface area contributed by atoms with Crippen LogP contribution >= 0.6 is 0 Å². The van der Waals surface area contributed by atoms with Crippen molar-refractivity contribution in [3.63, 3.8) is 0 Å². The average molecular weight is 669 g/mol. The van der Waals surface area contributed by atoms with Crippen molar-refractivity contribution in [3.05, 3.63) is 180 Å². The van der Waals surface area contributed by atoms with Gasteiger partial charge in [0.2, 0.25) is 5.82 Å². The molecular formula is C42H40N2O6. The smallest absolute Gasteiger partial charge is 0.258 e. The van der Waals surface area contributed by atoms with Crippen LogP contribution in [0, 0.1) is 0 Å². The summed E-state index contributed by atoms with van der Waals surface area (Å²) in [7, 11) is 0. The third-order valence-corrected chi connectivity index (χ3v) is 8.60. The molecule has 8 nitrogen and oxygen atoms in total. The van der Waals surface area contributed by atoms with Gasteiger partial charge in [-0.05, 0) is 34.4 Å². The molecule has 1 fully saturated rings. The summed E-state index contributed by atoms with van der Waals surface area (Å²) in [4.78, 5) is 4.82. The van der Waals surface area contributed by atoms with Crippen molar-refractivity contribution in [3.8, 4) is 11.5 Å². The monoisotopic (exact) mass is 668 g/mol. The molecule has 6 aromatic rings. The summed E-state index contributed by atoms with van der Waals surface area (Å²) in [5.41, 5.74) is 4.96. The SMILES string of the molecule is c1ccc(COC[C@H]2O[C@@H](c3noc(-c4ccccc4)n3)[C@H](OCc3ccccc3)[C@@H](OCc3ccccc3)[C@@H]2OCc2ccccc2)cc1. The second-order valence-electron chi connectivity index (χ2n) is 12.2. The van der Waals surface area contributed by atoms with Crippen molar-refractivity contribution in [2.45, 2.75) is 56.9 Å². The van der Waals surface area contributed by atoms with Crippen LogP contribution in [-0.4, -0.2) is 41.2 Å². The summed E-state index contributed by atoms with van der Waals surface area (Å²) in [6.07, 6.45) is -3.12. The van der Waals surface area contributed by atoms with Crippen LogP contribution in [0.1, 0.15) is 34.2 Å². The van der Waals surface area contributed by atoms with Gasteiger partial charge in [0, 0.05) is 5.56 Å². The second kappa shape index (κ2) is 17.1. The number of ether oxygens (including phenoxy) is 5. The van der Waals surface area contributed by atoms with Crippen molar-refractivity contribution < 1.29 is 28.2 Å². The summed E-state index contributed by atoms with van der Waals surface area (Å²) < 4.78 is 39.4. The van der Waals surface area contributed by atoms with Crippen LogP contribution in [0.25, 0.3) is 11.5 Å². The van der Waals surface area contributed by atoms with Gasteiger partial charge in [-0.2, -0.15) is 4.98 Å². The van der Waals surface area contributed by atoms with Crippen molar-refractivity contribution >= 4 is 0 Å². The normalized spacial score (nSPS) is 20.4. The lowest BCUT2D eigenvalue weighted by atomic mass is 9.93. The van der Waals surface area contributed by atoms with Gasteiger partial charge in [0.15, 0.2) is 0 Å². The molecule has 1 aromatic heterocycles. The van der Waals surface area contributed by atoms with Crippen molar-refractivity contribution in [2.24, 2.45) is 0 Å². The molecule has 0 saturated carbocycles. The molecular weight excluding hydrogens is 628 g/mol. The Morgan fingerprint density at radius 2 is 0.920 bits per heavy atom. The first-order chi connectivity index (χ1) is 24.8. The highest BCUT2D eigenvalue weighted by atomic mass is 16.6. The zero-order chi connectivity index (χ0) is 33.8. The molecule has 7 rings (SSSR count). The Kier molecular flexibility index (Phi) is 11.5. The molecule has 0 unspecified atom stereocenters. The minimum absolute atomic E-state index is 0.241. The molecule has 2 heterocycles. The Morgan fingerprint density at radius 1 is 0.480 bits per heavy atom. The first kappa shape index (κ1) is 33.5. The maximum absolute atomic E-state index is 6.90. The van der Waals surface area contributed by atoms with E-state index in [1.165, 1.54) is 0 Å². The molecule has 0 radical (unpaired) electrons. The van der Waals surface area contributed by atoms with Crippen molar-refractivity contribution in [1.82, 2.24) is 10.1 Å². The summed E-state index contributed by atoms with van der Waals surface area (Å²) in [6.45, 7) is 1.67. The van der Waals surface area contributed by atoms with E-state index in [0.717, 1.165) is 27.8 Å². The number of aromatic nitrogens is 2. The number of nitrogens with zero attached hydrogens (tertiary/aromatic N) is 2. The van der Waals surface area contributed by atoms with Crippen LogP contribution < -0.4 is 0 Å². The lowest BCUT2D eigenvalue weighted by Crippen LogP contribution is -2.58. The Hall–Kier alpha value is -4.96. The van der Waals surface area contributed by atoms with Gasteiger partial charge >= 0.3 is 0 Å². The predicted octanol–water partition coefficient (Wildman–Crippen LogP) is 8.15. The van der Waals surface area contributed by atoms with Gasteiger partial charge in [0.05, 0.1) is 33.0 Å². The average Bonchev–Trinajstić information content (AvgIpc) is 3.68. The Labute approximate surface area is 292 Å². The van der Waals surface area contributed by atoms with E-state index in [1.54, 1.807) is 0 Å². The molecule has 0 amide bonds.